The fourth-order valence-corrected chi connectivity index (χ4v) is 3.45. The Kier molecular flexibility index (Phi) is 4.46. The van der Waals surface area contributed by atoms with E-state index < -0.39 is 0 Å². The summed E-state index contributed by atoms with van der Waals surface area (Å²) in [4.78, 5) is 0. The summed E-state index contributed by atoms with van der Waals surface area (Å²) >= 11 is 3.79. The minimum Gasteiger partial charge on any atom is -0.0622 e. The normalized spacial score (nSPS) is 11.3. The topological polar surface area (TPSA) is 0 Å². The second-order valence-corrected chi connectivity index (χ2v) is 6.44. The van der Waals surface area contributed by atoms with Gasteiger partial charge in [0, 0.05) is 4.47 Å². The van der Waals surface area contributed by atoms with Gasteiger partial charge in [0.2, 0.25) is 0 Å². The first-order valence-electron chi connectivity index (χ1n) is 6.89. The Morgan fingerprint density at radius 1 is 0.737 bits per heavy atom. The largest absolute Gasteiger partial charge is 0.0622 e. The highest BCUT2D eigenvalue weighted by Crippen LogP contribution is 2.36. The first-order chi connectivity index (χ1) is 9.00. The molecule has 0 aliphatic rings. The van der Waals surface area contributed by atoms with Gasteiger partial charge in [0.1, 0.15) is 0 Å². The van der Waals surface area contributed by atoms with Crippen LogP contribution in [0.2, 0.25) is 0 Å². The van der Waals surface area contributed by atoms with E-state index in [4.69, 9.17) is 0 Å². The van der Waals surface area contributed by atoms with Crippen molar-refractivity contribution in [1.29, 1.82) is 0 Å². The second-order valence-electron chi connectivity index (χ2n) is 5.64. The Balaban J connectivity index is 2.63. The third-order valence-corrected chi connectivity index (χ3v) is 4.40. The van der Waals surface area contributed by atoms with Crippen LogP contribution in [0.3, 0.4) is 0 Å². The van der Waals surface area contributed by atoms with Gasteiger partial charge in [-0.2, -0.15) is 0 Å². The third kappa shape index (κ3) is 3.09. The van der Waals surface area contributed by atoms with Crippen LogP contribution >= 0.6 is 15.9 Å². The van der Waals surface area contributed by atoms with Gasteiger partial charge in [0.15, 0.2) is 0 Å². The lowest BCUT2D eigenvalue weighted by Gasteiger charge is -2.18. The van der Waals surface area contributed by atoms with E-state index in [0.29, 0.717) is 11.8 Å². The molecular formula is C18H21Br. The van der Waals surface area contributed by atoms with Crippen LogP contribution in [-0.4, -0.2) is 0 Å². The van der Waals surface area contributed by atoms with Gasteiger partial charge in [0.25, 0.3) is 0 Å². The molecule has 0 spiro atoms. The van der Waals surface area contributed by atoms with E-state index in [1.54, 1.807) is 0 Å². The average molecular weight is 317 g/mol. The van der Waals surface area contributed by atoms with Crippen molar-refractivity contribution in [3.63, 3.8) is 0 Å². The van der Waals surface area contributed by atoms with Gasteiger partial charge in [-0.05, 0) is 46.2 Å². The minimum absolute atomic E-state index is 0.524. The molecule has 0 saturated carbocycles. The van der Waals surface area contributed by atoms with E-state index in [9.17, 15) is 0 Å². The second kappa shape index (κ2) is 5.92. The van der Waals surface area contributed by atoms with Crippen LogP contribution in [0, 0.1) is 0 Å². The lowest BCUT2D eigenvalue weighted by molar-refractivity contribution is 0.824. The van der Waals surface area contributed by atoms with Gasteiger partial charge >= 0.3 is 0 Å². The molecule has 100 valence electrons. The van der Waals surface area contributed by atoms with Gasteiger partial charge in [-0.3, -0.25) is 0 Å². The monoisotopic (exact) mass is 316 g/mol. The average Bonchev–Trinajstić information content (AvgIpc) is 2.39. The van der Waals surface area contributed by atoms with Gasteiger partial charge in [-0.25, -0.2) is 0 Å². The van der Waals surface area contributed by atoms with E-state index in [-0.39, 0.29) is 0 Å². The van der Waals surface area contributed by atoms with Gasteiger partial charge in [0.05, 0.1) is 0 Å². The summed E-state index contributed by atoms with van der Waals surface area (Å²) in [5.74, 6) is 1.05. The van der Waals surface area contributed by atoms with Crippen LogP contribution in [0.25, 0.3) is 11.1 Å². The van der Waals surface area contributed by atoms with Gasteiger partial charge in [-0.15, -0.1) is 0 Å². The van der Waals surface area contributed by atoms with Crippen LogP contribution in [0.4, 0.5) is 0 Å². The molecular weight excluding hydrogens is 296 g/mol. The molecule has 0 aromatic heterocycles. The predicted octanol–water partition coefficient (Wildman–Crippen LogP) is 6.36. The Bertz CT molecular complexity index is 524. The maximum atomic E-state index is 3.79. The Hall–Kier alpha value is -1.08. The molecule has 0 radical (unpaired) electrons. The maximum absolute atomic E-state index is 3.79. The van der Waals surface area contributed by atoms with E-state index in [1.165, 1.54) is 26.7 Å². The number of hydrogen-bond donors (Lipinski definition) is 0. The van der Waals surface area contributed by atoms with Crippen molar-refractivity contribution in [3.05, 3.63) is 58.1 Å². The summed E-state index contributed by atoms with van der Waals surface area (Å²) in [5, 5.41) is 0. The molecule has 2 aromatic carbocycles. The van der Waals surface area contributed by atoms with Crippen molar-refractivity contribution in [2.75, 3.05) is 0 Å². The SMILES string of the molecule is CC(C)c1cc(-c2ccccc2)cc(C(C)C)c1Br. The van der Waals surface area contributed by atoms with Crippen molar-refractivity contribution in [2.24, 2.45) is 0 Å². The van der Waals surface area contributed by atoms with Crippen LogP contribution in [-0.2, 0) is 0 Å². The third-order valence-electron chi connectivity index (χ3n) is 3.48. The number of hydrogen-bond acceptors (Lipinski definition) is 0. The van der Waals surface area contributed by atoms with Crippen molar-refractivity contribution >= 4 is 15.9 Å². The standard InChI is InChI=1S/C18H21Br/c1-12(2)16-10-15(14-8-6-5-7-9-14)11-17(13(3)4)18(16)19/h5-13H,1-4H3. The summed E-state index contributed by atoms with van der Waals surface area (Å²) in [6.45, 7) is 9.00. The van der Waals surface area contributed by atoms with Gasteiger partial charge in [-0.1, -0.05) is 74.0 Å². The molecule has 0 amide bonds. The molecule has 0 fully saturated rings. The van der Waals surface area contributed by atoms with Crippen molar-refractivity contribution in [3.8, 4) is 11.1 Å². The summed E-state index contributed by atoms with van der Waals surface area (Å²) in [7, 11) is 0. The number of rotatable bonds is 3. The van der Waals surface area contributed by atoms with E-state index in [2.05, 4.69) is 86.1 Å². The van der Waals surface area contributed by atoms with E-state index in [1.807, 2.05) is 0 Å². The lowest BCUT2D eigenvalue weighted by Crippen LogP contribution is -1.98. The first kappa shape index (κ1) is 14.3. The first-order valence-corrected chi connectivity index (χ1v) is 7.68. The Labute approximate surface area is 125 Å². The number of benzene rings is 2. The highest BCUT2D eigenvalue weighted by molar-refractivity contribution is 9.10. The molecule has 2 aromatic rings. The summed E-state index contributed by atoms with van der Waals surface area (Å²) in [5.41, 5.74) is 5.39. The molecule has 0 heterocycles. The highest BCUT2D eigenvalue weighted by Gasteiger charge is 2.14. The summed E-state index contributed by atoms with van der Waals surface area (Å²) < 4.78 is 1.28. The minimum atomic E-state index is 0.524. The molecule has 0 saturated heterocycles. The van der Waals surface area contributed by atoms with Crippen molar-refractivity contribution in [2.45, 2.75) is 39.5 Å². The fraction of sp³-hybridized carbons (Fsp3) is 0.333. The molecule has 0 unspecified atom stereocenters. The zero-order chi connectivity index (χ0) is 14.0. The van der Waals surface area contributed by atoms with E-state index in [0.717, 1.165) is 0 Å². The van der Waals surface area contributed by atoms with Crippen LogP contribution in [0.5, 0.6) is 0 Å². The molecule has 0 bridgehead atoms. The molecule has 0 N–H and O–H groups in total. The highest BCUT2D eigenvalue weighted by atomic mass is 79.9. The zero-order valence-corrected chi connectivity index (χ0v) is 13.7. The molecule has 0 atom stereocenters. The molecule has 0 nitrogen and oxygen atoms in total. The smallest absolute Gasteiger partial charge is 0.0244 e. The molecule has 0 aliphatic heterocycles. The molecule has 1 heteroatoms. The van der Waals surface area contributed by atoms with Crippen LogP contribution in [0.15, 0.2) is 46.9 Å². The Morgan fingerprint density at radius 3 is 1.63 bits per heavy atom. The lowest BCUT2D eigenvalue weighted by atomic mass is 9.91. The fourth-order valence-electron chi connectivity index (χ4n) is 2.31. The number of halogens is 1. The van der Waals surface area contributed by atoms with E-state index >= 15 is 0 Å². The molecule has 19 heavy (non-hydrogen) atoms. The molecule has 0 aliphatic carbocycles. The van der Waals surface area contributed by atoms with Crippen LogP contribution in [0.1, 0.15) is 50.7 Å². The summed E-state index contributed by atoms with van der Waals surface area (Å²) in [6, 6.07) is 15.2. The van der Waals surface area contributed by atoms with Crippen LogP contribution < -0.4 is 0 Å². The quantitative estimate of drug-likeness (QED) is 0.617. The predicted molar refractivity (Wildman–Crippen MR) is 87.8 cm³/mol. The zero-order valence-electron chi connectivity index (χ0n) is 12.1. The molecule has 2 rings (SSSR count). The van der Waals surface area contributed by atoms with Crippen molar-refractivity contribution < 1.29 is 0 Å². The maximum Gasteiger partial charge on any atom is 0.0244 e. The van der Waals surface area contributed by atoms with Crippen molar-refractivity contribution in [1.82, 2.24) is 0 Å². The van der Waals surface area contributed by atoms with Gasteiger partial charge < -0.3 is 0 Å². The Morgan fingerprint density at radius 2 is 1.21 bits per heavy atom. The summed E-state index contributed by atoms with van der Waals surface area (Å²) in [6.07, 6.45) is 0.